The van der Waals surface area contributed by atoms with E-state index in [1.54, 1.807) is 0 Å². The van der Waals surface area contributed by atoms with E-state index in [0.29, 0.717) is 17.2 Å². The van der Waals surface area contributed by atoms with Crippen LogP contribution in [0.5, 0.6) is 0 Å². The second kappa shape index (κ2) is 5.05. The van der Waals surface area contributed by atoms with Crippen molar-refractivity contribution in [2.24, 2.45) is 0 Å². The van der Waals surface area contributed by atoms with Crippen molar-refractivity contribution < 1.29 is 4.39 Å². The molecule has 0 unspecified atom stereocenters. The van der Waals surface area contributed by atoms with Crippen LogP contribution in [0.1, 0.15) is 0 Å². The first kappa shape index (κ1) is 12.2. The first-order chi connectivity index (χ1) is 9.72. The Hall–Kier alpha value is -2.82. The van der Waals surface area contributed by atoms with Gasteiger partial charge in [0.25, 0.3) is 5.56 Å². The van der Waals surface area contributed by atoms with Crippen LogP contribution in [0.3, 0.4) is 0 Å². The van der Waals surface area contributed by atoms with Crippen molar-refractivity contribution in [1.82, 2.24) is 15.0 Å². The van der Waals surface area contributed by atoms with Crippen LogP contribution in [-0.4, -0.2) is 15.0 Å². The van der Waals surface area contributed by atoms with Crippen molar-refractivity contribution >= 4 is 0 Å². The van der Waals surface area contributed by atoms with Gasteiger partial charge in [0, 0.05) is 11.6 Å². The molecule has 0 saturated heterocycles. The lowest BCUT2D eigenvalue weighted by Crippen LogP contribution is -2.09. The number of aromatic amines is 1. The maximum atomic E-state index is 12.9. The van der Waals surface area contributed by atoms with Crippen molar-refractivity contribution in [2.75, 3.05) is 0 Å². The first-order valence-electron chi connectivity index (χ1n) is 6.01. The lowest BCUT2D eigenvalue weighted by Gasteiger charge is -2.04. The predicted octanol–water partition coefficient (Wildman–Crippen LogP) is 2.64. The number of pyridine rings is 1. The maximum Gasteiger partial charge on any atom is 0.251 e. The molecule has 0 saturated carbocycles. The summed E-state index contributed by atoms with van der Waals surface area (Å²) in [5.41, 5.74) is 1.53. The average molecular weight is 267 g/mol. The molecule has 0 aliphatic rings. The van der Waals surface area contributed by atoms with Gasteiger partial charge in [-0.15, -0.1) is 0 Å². The largest absolute Gasteiger partial charge is 0.305 e. The van der Waals surface area contributed by atoms with E-state index in [2.05, 4.69) is 15.0 Å². The minimum absolute atomic E-state index is 0.278. The Morgan fingerprint density at radius 2 is 1.80 bits per heavy atom. The van der Waals surface area contributed by atoms with Crippen molar-refractivity contribution in [3.05, 3.63) is 70.9 Å². The third kappa shape index (κ3) is 2.47. The molecular weight excluding hydrogens is 257 g/mol. The summed E-state index contributed by atoms with van der Waals surface area (Å²) in [4.78, 5) is 22.6. The minimum atomic E-state index is -0.435. The number of hydrogen-bond acceptors (Lipinski definition) is 3. The Morgan fingerprint density at radius 1 is 1.00 bits per heavy atom. The number of halogens is 1. The summed E-state index contributed by atoms with van der Waals surface area (Å²) >= 11 is 0. The highest BCUT2D eigenvalue weighted by atomic mass is 19.1. The summed E-state index contributed by atoms with van der Waals surface area (Å²) < 4.78 is 12.9. The Bertz CT molecular complexity index is 782. The normalized spacial score (nSPS) is 10.4. The number of hydrogen-bond donors (Lipinski definition) is 1. The molecule has 0 amide bonds. The van der Waals surface area contributed by atoms with Crippen LogP contribution >= 0.6 is 0 Å². The third-order valence-corrected chi connectivity index (χ3v) is 2.78. The lowest BCUT2D eigenvalue weighted by atomic mass is 10.1. The standard InChI is InChI=1S/C15H10FN3O/c16-11-6-7-12(17-9-11)15-18-13(8-14(20)19-15)10-4-2-1-3-5-10/h1-9H,(H,18,19,20). The molecule has 3 rings (SSSR count). The van der Waals surface area contributed by atoms with Gasteiger partial charge in [0.2, 0.25) is 0 Å². The summed E-state index contributed by atoms with van der Waals surface area (Å²) in [5, 5.41) is 0. The lowest BCUT2D eigenvalue weighted by molar-refractivity contribution is 0.621. The van der Waals surface area contributed by atoms with E-state index in [9.17, 15) is 9.18 Å². The first-order valence-corrected chi connectivity index (χ1v) is 6.01. The van der Waals surface area contributed by atoms with E-state index in [1.165, 1.54) is 18.2 Å². The molecule has 5 heteroatoms. The topological polar surface area (TPSA) is 58.6 Å². The quantitative estimate of drug-likeness (QED) is 0.776. The summed E-state index contributed by atoms with van der Waals surface area (Å²) in [7, 11) is 0. The SMILES string of the molecule is O=c1cc(-c2ccccc2)nc(-c2ccc(F)cn2)[nH]1. The molecule has 3 aromatic rings. The summed E-state index contributed by atoms with van der Waals surface area (Å²) in [6.07, 6.45) is 1.09. The maximum absolute atomic E-state index is 12.9. The van der Waals surface area contributed by atoms with E-state index in [0.717, 1.165) is 11.8 Å². The van der Waals surface area contributed by atoms with Gasteiger partial charge in [0.05, 0.1) is 11.9 Å². The van der Waals surface area contributed by atoms with Crippen LogP contribution in [-0.2, 0) is 0 Å². The van der Waals surface area contributed by atoms with Gasteiger partial charge in [-0.3, -0.25) is 4.79 Å². The summed E-state index contributed by atoms with van der Waals surface area (Å²) in [6, 6.07) is 13.5. The Kier molecular flexibility index (Phi) is 3.09. The molecule has 0 bridgehead atoms. The molecule has 2 aromatic heterocycles. The molecule has 0 atom stereocenters. The van der Waals surface area contributed by atoms with Gasteiger partial charge in [0.15, 0.2) is 5.82 Å². The molecule has 1 aromatic carbocycles. The Morgan fingerprint density at radius 3 is 2.50 bits per heavy atom. The zero-order chi connectivity index (χ0) is 13.9. The molecule has 20 heavy (non-hydrogen) atoms. The van der Waals surface area contributed by atoms with E-state index in [4.69, 9.17) is 0 Å². The van der Waals surface area contributed by atoms with Crippen LogP contribution in [0.15, 0.2) is 59.5 Å². The van der Waals surface area contributed by atoms with Gasteiger partial charge in [-0.25, -0.2) is 14.4 Å². The molecular formula is C15H10FN3O. The molecule has 4 nitrogen and oxygen atoms in total. The smallest absolute Gasteiger partial charge is 0.251 e. The molecule has 0 fully saturated rings. The van der Waals surface area contributed by atoms with Gasteiger partial charge in [-0.1, -0.05) is 30.3 Å². The number of benzene rings is 1. The van der Waals surface area contributed by atoms with E-state index in [-0.39, 0.29) is 5.56 Å². The second-order valence-electron chi connectivity index (χ2n) is 4.21. The van der Waals surface area contributed by atoms with E-state index >= 15 is 0 Å². The number of H-pyrrole nitrogens is 1. The highest BCUT2D eigenvalue weighted by molar-refractivity contribution is 5.61. The van der Waals surface area contributed by atoms with E-state index in [1.807, 2.05) is 30.3 Å². The number of rotatable bonds is 2. The van der Waals surface area contributed by atoms with Gasteiger partial charge >= 0.3 is 0 Å². The fourth-order valence-corrected chi connectivity index (χ4v) is 1.85. The summed E-state index contributed by atoms with van der Waals surface area (Å²) in [5.74, 6) is -0.119. The Labute approximate surface area is 114 Å². The van der Waals surface area contributed by atoms with Crippen LogP contribution in [0.4, 0.5) is 4.39 Å². The fraction of sp³-hybridized carbons (Fsp3) is 0. The monoisotopic (exact) mass is 267 g/mol. The fourth-order valence-electron chi connectivity index (χ4n) is 1.85. The van der Waals surface area contributed by atoms with E-state index < -0.39 is 5.82 Å². The van der Waals surface area contributed by atoms with Gasteiger partial charge in [-0.05, 0) is 12.1 Å². The highest BCUT2D eigenvalue weighted by Crippen LogP contribution is 2.17. The van der Waals surface area contributed by atoms with Gasteiger partial charge < -0.3 is 4.98 Å². The van der Waals surface area contributed by atoms with Crippen LogP contribution in [0, 0.1) is 5.82 Å². The minimum Gasteiger partial charge on any atom is -0.305 e. The Balaban J connectivity index is 2.12. The molecule has 0 aliphatic heterocycles. The molecule has 1 N–H and O–H groups in total. The summed E-state index contributed by atoms with van der Waals surface area (Å²) in [6.45, 7) is 0. The third-order valence-electron chi connectivity index (χ3n) is 2.78. The molecule has 0 aliphatic carbocycles. The zero-order valence-corrected chi connectivity index (χ0v) is 10.4. The predicted molar refractivity (Wildman–Crippen MR) is 73.5 cm³/mol. The second-order valence-corrected chi connectivity index (χ2v) is 4.21. The molecule has 2 heterocycles. The molecule has 0 radical (unpaired) electrons. The number of aromatic nitrogens is 3. The van der Waals surface area contributed by atoms with Crippen LogP contribution in [0.2, 0.25) is 0 Å². The van der Waals surface area contributed by atoms with Gasteiger partial charge in [0.1, 0.15) is 11.5 Å². The highest BCUT2D eigenvalue weighted by Gasteiger charge is 2.07. The number of nitrogens with one attached hydrogen (secondary N) is 1. The van der Waals surface area contributed by atoms with Crippen molar-refractivity contribution in [1.29, 1.82) is 0 Å². The molecule has 0 spiro atoms. The van der Waals surface area contributed by atoms with Gasteiger partial charge in [-0.2, -0.15) is 0 Å². The van der Waals surface area contributed by atoms with Crippen molar-refractivity contribution in [3.8, 4) is 22.8 Å². The molecule has 98 valence electrons. The van der Waals surface area contributed by atoms with Crippen LogP contribution in [0.25, 0.3) is 22.8 Å². The number of nitrogens with zero attached hydrogens (tertiary/aromatic N) is 2. The zero-order valence-electron chi connectivity index (χ0n) is 10.4. The average Bonchev–Trinajstić information content (AvgIpc) is 2.48. The van der Waals surface area contributed by atoms with Crippen molar-refractivity contribution in [3.63, 3.8) is 0 Å². The van der Waals surface area contributed by atoms with Crippen molar-refractivity contribution in [2.45, 2.75) is 0 Å². The van der Waals surface area contributed by atoms with Crippen LogP contribution < -0.4 is 5.56 Å².